The van der Waals surface area contributed by atoms with E-state index < -0.39 is 6.85 Å². The predicted molar refractivity (Wildman–Crippen MR) is 88.1 cm³/mol. The maximum absolute atomic E-state index is 13.1. The van der Waals surface area contributed by atoms with E-state index in [9.17, 15) is 4.39 Å². The van der Waals surface area contributed by atoms with Crippen LogP contribution in [0.5, 0.6) is 0 Å². The zero-order chi connectivity index (χ0) is 17.6. The Hall–Kier alpha value is -2.81. The Morgan fingerprint density at radius 2 is 1.64 bits per heavy atom. The van der Waals surface area contributed by atoms with Crippen molar-refractivity contribution >= 4 is 33.3 Å². The van der Waals surface area contributed by atoms with Crippen LogP contribution < -0.4 is 5.32 Å². The summed E-state index contributed by atoms with van der Waals surface area (Å²) >= 11 is 0. The first-order valence-electron chi connectivity index (χ1n) is 8.41. The van der Waals surface area contributed by atoms with Gasteiger partial charge in [-0.3, -0.25) is 0 Å². The summed E-state index contributed by atoms with van der Waals surface area (Å²) in [6.45, 7) is -2.25. The molecule has 1 aromatic heterocycles. The molecule has 0 spiro atoms. The molecule has 22 heavy (non-hydrogen) atoms. The molecule has 1 N–H and O–H groups in total. The largest absolute Gasteiger partial charge is 0.454 e. The lowest BCUT2D eigenvalue weighted by Gasteiger charge is -2.06. The van der Waals surface area contributed by atoms with Gasteiger partial charge in [-0.2, -0.15) is 0 Å². The number of hydrogen-bond acceptors (Lipinski definition) is 2. The molecule has 108 valence electrons. The molecular formula is C19H14FNO. The number of hydrogen-bond donors (Lipinski definition) is 1. The molecule has 0 radical (unpaired) electrons. The van der Waals surface area contributed by atoms with Gasteiger partial charge < -0.3 is 9.73 Å². The molecule has 0 aliphatic heterocycles. The maximum atomic E-state index is 13.1. The van der Waals surface area contributed by atoms with Crippen LogP contribution in [0, 0.1) is 12.7 Å². The lowest BCUT2D eigenvalue weighted by molar-refractivity contribution is 0.628. The highest BCUT2D eigenvalue weighted by atomic mass is 19.1. The van der Waals surface area contributed by atoms with E-state index in [2.05, 4.69) is 5.32 Å². The van der Waals surface area contributed by atoms with Gasteiger partial charge in [-0.05, 0) is 42.7 Å². The maximum Gasteiger partial charge on any atom is 0.158 e. The van der Waals surface area contributed by atoms with Crippen molar-refractivity contribution in [2.24, 2.45) is 0 Å². The third-order valence-corrected chi connectivity index (χ3v) is 3.65. The van der Waals surface area contributed by atoms with Gasteiger partial charge in [0, 0.05) is 20.6 Å². The fraction of sp³-hybridized carbons (Fsp3) is 0.0526. The van der Waals surface area contributed by atoms with Crippen LogP contribution in [0.15, 0.2) is 65.1 Å². The van der Waals surface area contributed by atoms with Crippen molar-refractivity contribution in [2.45, 2.75) is 6.85 Å². The molecule has 3 heteroatoms. The van der Waals surface area contributed by atoms with Crippen molar-refractivity contribution in [2.75, 3.05) is 5.32 Å². The van der Waals surface area contributed by atoms with Gasteiger partial charge in [0.15, 0.2) is 5.58 Å². The van der Waals surface area contributed by atoms with Crippen LogP contribution in [0.1, 0.15) is 9.68 Å². The average molecular weight is 294 g/mol. The highest BCUT2D eigenvalue weighted by molar-refractivity contribution is 6.09. The number of furan rings is 1. The molecule has 4 aromatic rings. The van der Waals surface area contributed by atoms with Crippen molar-refractivity contribution < 1.29 is 12.9 Å². The Bertz CT molecular complexity index is 1070. The van der Waals surface area contributed by atoms with Gasteiger partial charge in [-0.1, -0.05) is 30.3 Å². The smallest absolute Gasteiger partial charge is 0.158 e. The first-order chi connectivity index (χ1) is 11.9. The van der Waals surface area contributed by atoms with E-state index in [-0.39, 0.29) is 11.4 Å². The highest BCUT2D eigenvalue weighted by Gasteiger charge is 2.11. The second-order valence-corrected chi connectivity index (χ2v) is 5.10. The molecule has 0 amide bonds. The molecule has 4 rings (SSSR count). The van der Waals surface area contributed by atoms with Gasteiger partial charge >= 0.3 is 0 Å². The number of halogens is 1. The number of nitrogens with one attached hydrogen (secondary N) is 1. The summed E-state index contributed by atoms with van der Waals surface area (Å²) in [4.78, 5) is 0. The van der Waals surface area contributed by atoms with Crippen LogP contribution >= 0.6 is 0 Å². The summed E-state index contributed by atoms with van der Waals surface area (Å²) in [7, 11) is 0. The zero-order valence-electron chi connectivity index (χ0n) is 14.6. The number of rotatable bonds is 2. The fourth-order valence-corrected chi connectivity index (χ4v) is 2.61. The van der Waals surface area contributed by atoms with Crippen molar-refractivity contribution in [1.29, 1.82) is 0 Å². The van der Waals surface area contributed by atoms with Gasteiger partial charge in [-0.25, -0.2) is 4.39 Å². The van der Waals surface area contributed by atoms with E-state index >= 15 is 0 Å². The molecular weight excluding hydrogens is 277 g/mol. The second kappa shape index (κ2) is 4.88. The quantitative estimate of drug-likeness (QED) is 0.507. The minimum atomic E-state index is -2.25. The molecule has 0 saturated heterocycles. The molecule has 0 fully saturated rings. The molecule has 3 aromatic carbocycles. The highest BCUT2D eigenvalue weighted by Crippen LogP contribution is 2.35. The van der Waals surface area contributed by atoms with Crippen LogP contribution in [0.3, 0.4) is 0 Å². The lowest BCUT2D eigenvalue weighted by atomic mass is 10.1. The van der Waals surface area contributed by atoms with Crippen molar-refractivity contribution in [3.8, 4) is 0 Å². The van der Waals surface area contributed by atoms with E-state index in [1.807, 2.05) is 24.3 Å². The summed E-state index contributed by atoms with van der Waals surface area (Å²) in [6, 6.07) is 16.7. The molecule has 0 unspecified atom stereocenters. The molecule has 2 nitrogen and oxygen atoms in total. The van der Waals surface area contributed by atoms with Crippen LogP contribution in [0.2, 0.25) is 0 Å². The SMILES string of the molecule is [2H]C([2H])([2H])c1cccc2c1oc1c(Nc3ccc(F)cc3)cccc12. The Kier molecular flexibility index (Phi) is 2.22. The first kappa shape index (κ1) is 10.0. The standard InChI is InChI=1S/C19H14FNO/c1-12-4-2-5-15-16-6-3-7-17(19(16)22-18(12)15)21-14-10-8-13(20)9-11-14/h2-11,21H,1H3/i1D3. The van der Waals surface area contributed by atoms with Gasteiger partial charge in [0.05, 0.1) is 5.69 Å². The van der Waals surface area contributed by atoms with Gasteiger partial charge in [-0.15, -0.1) is 0 Å². The van der Waals surface area contributed by atoms with Gasteiger partial charge in [0.2, 0.25) is 0 Å². The van der Waals surface area contributed by atoms with Crippen molar-refractivity contribution in [1.82, 2.24) is 0 Å². The molecule has 0 aliphatic carbocycles. The van der Waals surface area contributed by atoms with Crippen LogP contribution in [-0.4, -0.2) is 0 Å². The van der Waals surface area contributed by atoms with Crippen LogP contribution in [-0.2, 0) is 0 Å². The summed E-state index contributed by atoms with van der Waals surface area (Å²) in [5, 5.41) is 4.78. The Balaban J connectivity index is 1.91. The normalized spacial score (nSPS) is 13.8. The summed E-state index contributed by atoms with van der Waals surface area (Å²) in [5.41, 5.74) is 2.53. The second-order valence-electron chi connectivity index (χ2n) is 5.10. The Morgan fingerprint density at radius 1 is 0.909 bits per heavy atom. The Labute approximate surface area is 131 Å². The molecule has 0 atom stereocenters. The predicted octanol–water partition coefficient (Wildman–Crippen LogP) is 5.78. The third-order valence-electron chi connectivity index (χ3n) is 3.65. The van der Waals surface area contributed by atoms with Crippen molar-refractivity contribution in [3.05, 3.63) is 72.0 Å². The lowest BCUT2D eigenvalue weighted by Crippen LogP contribution is -1.90. The zero-order valence-corrected chi connectivity index (χ0v) is 11.6. The first-order valence-corrected chi connectivity index (χ1v) is 6.91. The number of aryl methyl sites for hydroxylation is 1. The topological polar surface area (TPSA) is 25.2 Å². The van der Waals surface area contributed by atoms with E-state index in [4.69, 9.17) is 8.53 Å². The number of benzene rings is 3. The average Bonchev–Trinajstić information content (AvgIpc) is 2.96. The number of fused-ring (bicyclic) bond motifs is 3. The Morgan fingerprint density at radius 3 is 2.41 bits per heavy atom. The van der Waals surface area contributed by atoms with Crippen LogP contribution in [0.4, 0.5) is 15.8 Å². The minimum absolute atomic E-state index is 0.189. The van der Waals surface area contributed by atoms with E-state index in [1.54, 1.807) is 24.3 Å². The summed E-state index contributed by atoms with van der Waals surface area (Å²) < 4.78 is 42.1. The summed E-state index contributed by atoms with van der Waals surface area (Å²) in [5.74, 6) is -0.310. The monoisotopic (exact) mass is 294 g/mol. The van der Waals surface area contributed by atoms with E-state index in [0.29, 0.717) is 22.5 Å². The summed E-state index contributed by atoms with van der Waals surface area (Å²) in [6.07, 6.45) is 0. The molecule has 0 bridgehead atoms. The van der Waals surface area contributed by atoms with Gasteiger partial charge in [0.1, 0.15) is 11.4 Å². The van der Waals surface area contributed by atoms with E-state index in [1.165, 1.54) is 12.1 Å². The third kappa shape index (κ3) is 2.02. The number of para-hydroxylation sites is 2. The molecule has 1 heterocycles. The number of anilines is 2. The van der Waals surface area contributed by atoms with Gasteiger partial charge in [0.25, 0.3) is 0 Å². The minimum Gasteiger partial charge on any atom is -0.454 e. The molecule has 0 saturated carbocycles. The van der Waals surface area contributed by atoms with E-state index in [0.717, 1.165) is 10.8 Å². The molecule has 0 aliphatic rings. The van der Waals surface area contributed by atoms with Crippen LogP contribution in [0.25, 0.3) is 21.9 Å². The van der Waals surface area contributed by atoms with Crippen molar-refractivity contribution in [3.63, 3.8) is 0 Å². The fourth-order valence-electron chi connectivity index (χ4n) is 2.61.